The SMILES string of the molecule is Nn1cnnc1-n1ncc2c([N+](=O)[O-])cc([N+](=O)[O-])cc21. The summed E-state index contributed by atoms with van der Waals surface area (Å²) in [6.07, 6.45) is 2.42. The van der Waals surface area contributed by atoms with Gasteiger partial charge in [0.05, 0.1) is 33.0 Å². The molecule has 0 aliphatic rings. The summed E-state index contributed by atoms with van der Waals surface area (Å²) in [5.74, 6) is 5.65. The maximum atomic E-state index is 11.0. The minimum atomic E-state index is -0.725. The molecular weight excluding hydrogens is 284 g/mol. The Morgan fingerprint density at radius 3 is 2.52 bits per heavy atom. The smallest absolute Gasteiger partial charge is 0.287 e. The van der Waals surface area contributed by atoms with Crippen LogP contribution in [0, 0.1) is 20.2 Å². The normalized spacial score (nSPS) is 10.9. The number of nitro groups is 2. The molecule has 3 aromatic rings. The van der Waals surface area contributed by atoms with Crippen LogP contribution in [0.4, 0.5) is 11.4 Å². The van der Waals surface area contributed by atoms with Crippen molar-refractivity contribution in [3.8, 4) is 5.95 Å². The van der Waals surface area contributed by atoms with E-state index in [1.807, 2.05) is 0 Å². The molecule has 0 spiro atoms. The van der Waals surface area contributed by atoms with Crippen LogP contribution in [0.3, 0.4) is 0 Å². The molecule has 0 amide bonds. The Hall–Kier alpha value is -3.57. The Kier molecular flexibility index (Phi) is 2.51. The standard InChI is InChI=1S/C9H6N8O4/c10-14-4-11-13-9(14)15-7-1-5(16(18)19)2-8(17(20)21)6(7)3-12-15/h1-4H,10H2. The third-order valence-corrected chi connectivity index (χ3v) is 2.80. The predicted octanol–water partition coefficient (Wildman–Crippen LogP) is 0.147. The van der Waals surface area contributed by atoms with Crippen molar-refractivity contribution < 1.29 is 9.85 Å². The summed E-state index contributed by atoms with van der Waals surface area (Å²) >= 11 is 0. The zero-order valence-electron chi connectivity index (χ0n) is 10.2. The summed E-state index contributed by atoms with van der Waals surface area (Å²) in [5, 5.41) is 33.3. The molecule has 0 radical (unpaired) electrons. The summed E-state index contributed by atoms with van der Waals surface area (Å²) in [4.78, 5) is 20.5. The first kappa shape index (κ1) is 12.5. The van der Waals surface area contributed by atoms with E-state index in [1.165, 1.54) is 12.5 Å². The van der Waals surface area contributed by atoms with Crippen LogP contribution < -0.4 is 5.84 Å². The molecule has 0 saturated carbocycles. The fraction of sp³-hybridized carbons (Fsp3) is 0. The van der Waals surface area contributed by atoms with E-state index in [0.29, 0.717) is 0 Å². The maximum Gasteiger partial charge on any atom is 0.287 e. The van der Waals surface area contributed by atoms with Crippen molar-refractivity contribution in [3.63, 3.8) is 0 Å². The molecule has 2 heterocycles. The molecule has 1 aromatic carbocycles. The van der Waals surface area contributed by atoms with E-state index in [0.717, 1.165) is 21.5 Å². The quantitative estimate of drug-likeness (QED) is 0.404. The minimum absolute atomic E-state index is 0.0693. The Morgan fingerprint density at radius 2 is 1.95 bits per heavy atom. The van der Waals surface area contributed by atoms with Gasteiger partial charge >= 0.3 is 0 Å². The third-order valence-electron chi connectivity index (χ3n) is 2.80. The van der Waals surface area contributed by atoms with E-state index in [9.17, 15) is 20.2 Å². The van der Waals surface area contributed by atoms with Crippen molar-refractivity contribution in [1.29, 1.82) is 0 Å². The van der Waals surface area contributed by atoms with Gasteiger partial charge in [0.2, 0.25) is 0 Å². The second kappa shape index (κ2) is 4.22. The highest BCUT2D eigenvalue weighted by molar-refractivity contribution is 5.91. The van der Waals surface area contributed by atoms with Crippen LogP contribution in [-0.2, 0) is 0 Å². The Balaban J connectivity index is 2.37. The molecule has 0 atom stereocenters. The average Bonchev–Trinajstić information content (AvgIpc) is 3.02. The highest BCUT2D eigenvalue weighted by Gasteiger charge is 2.23. The molecule has 3 rings (SSSR count). The number of benzene rings is 1. The van der Waals surface area contributed by atoms with Gasteiger partial charge in [0.15, 0.2) is 0 Å². The summed E-state index contributed by atoms with van der Waals surface area (Å²) < 4.78 is 2.18. The highest BCUT2D eigenvalue weighted by atomic mass is 16.6. The van der Waals surface area contributed by atoms with Crippen LogP contribution in [0.2, 0.25) is 0 Å². The van der Waals surface area contributed by atoms with E-state index in [1.54, 1.807) is 0 Å². The maximum absolute atomic E-state index is 11.0. The lowest BCUT2D eigenvalue weighted by Gasteiger charge is -2.01. The van der Waals surface area contributed by atoms with Gasteiger partial charge < -0.3 is 5.84 Å². The van der Waals surface area contributed by atoms with Gasteiger partial charge in [-0.05, 0) is 0 Å². The molecule has 2 N–H and O–H groups in total. The fourth-order valence-electron chi connectivity index (χ4n) is 1.90. The van der Waals surface area contributed by atoms with Crippen molar-refractivity contribution >= 4 is 22.3 Å². The Labute approximate surface area is 114 Å². The lowest BCUT2D eigenvalue weighted by molar-refractivity contribution is -0.393. The number of nitrogen functional groups attached to an aromatic ring is 1. The Morgan fingerprint density at radius 1 is 1.19 bits per heavy atom. The van der Waals surface area contributed by atoms with Crippen LogP contribution in [0.25, 0.3) is 16.9 Å². The lowest BCUT2D eigenvalue weighted by Crippen LogP contribution is -2.14. The first-order chi connectivity index (χ1) is 9.99. The van der Waals surface area contributed by atoms with Gasteiger partial charge in [0.25, 0.3) is 17.3 Å². The predicted molar refractivity (Wildman–Crippen MR) is 68.1 cm³/mol. The number of rotatable bonds is 3. The molecule has 2 aromatic heterocycles. The second-order valence-electron chi connectivity index (χ2n) is 4.01. The van der Waals surface area contributed by atoms with Crippen LogP contribution in [-0.4, -0.2) is 34.5 Å². The largest absolute Gasteiger partial charge is 0.335 e. The average molecular weight is 290 g/mol. The molecule has 0 aliphatic heterocycles. The van der Waals surface area contributed by atoms with Crippen molar-refractivity contribution in [3.05, 3.63) is 44.9 Å². The number of nitrogens with two attached hydrogens (primary N) is 1. The number of nitro benzene ring substituents is 2. The Bertz CT molecular complexity index is 881. The van der Waals surface area contributed by atoms with Crippen LogP contribution in [0.15, 0.2) is 24.7 Å². The van der Waals surface area contributed by atoms with Gasteiger partial charge in [-0.25, -0.2) is 4.68 Å². The van der Waals surface area contributed by atoms with Crippen LogP contribution >= 0.6 is 0 Å². The van der Waals surface area contributed by atoms with Gasteiger partial charge in [-0.3, -0.25) is 20.2 Å². The van der Waals surface area contributed by atoms with Gasteiger partial charge in [-0.2, -0.15) is 9.78 Å². The van der Waals surface area contributed by atoms with E-state index < -0.39 is 21.2 Å². The summed E-state index contributed by atoms with van der Waals surface area (Å²) in [6, 6.07) is 2.03. The molecule has 0 fully saturated rings. The molecule has 12 nitrogen and oxygen atoms in total. The van der Waals surface area contributed by atoms with E-state index in [-0.39, 0.29) is 16.9 Å². The van der Waals surface area contributed by atoms with E-state index in [2.05, 4.69) is 15.3 Å². The van der Waals surface area contributed by atoms with Crippen molar-refractivity contribution in [1.82, 2.24) is 24.7 Å². The number of non-ortho nitro benzene ring substituents is 2. The molecule has 12 heteroatoms. The molecule has 0 bridgehead atoms. The number of hydrogen-bond donors (Lipinski definition) is 1. The topological polar surface area (TPSA) is 161 Å². The summed E-state index contributed by atoms with van der Waals surface area (Å²) in [6.45, 7) is 0. The van der Waals surface area contributed by atoms with E-state index >= 15 is 0 Å². The zero-order valence-corrected chi connectivity index (χ0v) is 10.2. The number of nitrogens with zero attached hydrogens (tertiary/aromatic N) is 7. The van der Waals surface area contributed by atoms with E-state index in [4.69, 9.17) is 5.84 Å². The number of fused-ring (bicyclic) bond motifs is 1. The monoisotopic (exact) mass is 290 g/mol. The molecule has 0 unspecified atom stereocenters. The summed E-state index contributed by atoms with van der Waals surface area (Å²) in [5.41, 5.74) is -0.719. The second-order valence-corrected chi connectivity index (χ2v) is 4.01. The fourth-order valence-corrected chi connectivity index (χ4v) is 1.90. The molecule has 106 valence electrons. The molecule has 0 saturated heterocycles. The number of hydrogen-bond acceptors (Lipinski definition) is 8. The van der Waals surface area contributed by atoms with Crippen LogP contribution in [0.1, 0.15) is 0 Å². The van der Waals surface area contributed by atoms with Crippen molar-refractivity contribution in [2.24, 2.45) is 0 Å². The van der Waals surface area contributed by atoms with Crippen LogP contribution in [0.5, 0.6) is 0 Å². The summed E-state index contributed by atoms with van der Waals surface area (Å²) in [7, 11) is 0. The number of aromatic nitrogens is 5. The zero-order chi connectivity index (χ0) is 15.1. The molecule has 21 heavy (non-hydrogen) atoms. The highest BCUT2D eigenvalue weighted by Crippen LogP contribution is 2.31. The molecular formula is C9H6N8O4. The van der Waals surface area contributed by atoms with Crippen molar-refractivity contribution in [2.75, 3.05) is 5.84 Å². The van der Waals surface area contributed by atoms with Gasteiger partial charge in [-0.15, -0.1) is 10.2 Å². The van der Waals surface area contributed by atoms with Gasteiger partial charge in [-0.1, -0.05) is 0 Å². The first-order valence-electron chi connectivity index (χ1n) is 5.45. The lowest BCUT2D eigenvalue weighted by atomic mass is 10.2. The first-order valence-corrected chi connectivity index (χ1v) is 5.45. The minimum Gasteiger partial charge on any atom is -0.335 e. The van der Waals surface area contributed by atoms with Crippen molar-refractivity contribution in [2.45, 2.75) is 0 Å². The van der Waals surface area contributed by atoms with Gasteiger partial charge in [0, 0.05) is 6.07 Å². The third kappa shape index (κ3) is 1.81. The molecule has 0 aliphatic carbocycles. The van der Waals surface area contributed by atoms with Gasteiger partial charge in [0.1, 0.15) is 6.33 Å².